The van der Waals surface area contributed by atoms with Gasteiger partial charge in [-0.25, -0.2) is 0 Å². The quantitative estimate of drug-likeness (QED) is 0.424. The smallest absolute Gasteiger partial charge is 0.304 e. The molecule has 2 aliphatic rings. The molecule has 37 heavy (non-hydrogen) atoms. The lowest BCUT2D eigenvalue weighted by atomic mass is 9.94. The van der Waals surface area contributed by atoms with Gasteiger partial charge in [0.1, 0.15) is 36.6 Å². The third-order valence-electron chi connectivity index (χ3n) is 6.73. The van der Waals surface area contributed by atoms with Crippen LogP contribution in [0.4, 0.5) is 0 Å². The minimum absolute atomic E-state index is 0.0332. The zero-order valence-corrected chi connectivity index (χ0v) is 21.2. The number of ether oxygens (including phenoxy) is 5. The van der Waals surface area contributed by atoms with E-state index in [1.54, 1.807) is 0 Å². The number of carboxylic acid groups (broad SMARTS) is 1. The Morgan fingerprint density at radius 2 is 1.81 bits per heavy atom. The Labute approximate surface area is 216 Å². The van der Waals surface area contributed by atoms with Crippen LogP contribution in [0.2, 0.25) is 0 Å². The molecule has 3 aromatic rings. The van der Waals surface area contributed by atoms with E-state index in [1.807, 2.05) is 30.3 Å². The van der Waals surface area contributed by atoms with E-state index >= 15 is 0 Å². The summed E-state index contributed by atoms with van der Waals surface area (Å²) in [4.78, 5) is 11.1. The minimum atomic E-state index is -0.821. The second-order valence-electron chi connectivity index (χ2n) is 9.61. The van der Waals surface area contributed by atoms with Crippen molar-refractivity contribution in [1.82, 2.24) is 0 Å². The first-order chi connectivity index (χ1) is 18.0. The number of hydrogen-bond acceptors (Lipinski definition) is 6. The monoisotopic (exact) mass is 504 g/mol. The van der Waals surface area contributed by atoms with E-state index in [9.17, 15) is 4.79 Å². The molecule has 194 valence electrons. The largest absolute Gasteiger partial charge is 0.492 e. The summed E-state index contributed by atoms with van der Waals surface area (Å²) in [6.07, 6.45) is 0.0321. The van der Waals surface area contributed by atoms with Gasteiger partial charge in [0.05, 0.1) is 32.8 Å². The van der Waals surface area contributed by atoms with Crippen LogP contribution in [0.25, 0.3) is 11.1 Å². The van der Waals surface area contributed by atoms with Crippen LogP contribution in [0.5, 0.6) is 17.2 Å². The zero-order valence-electron chi connectivity index (χ0n) is 21.2. The number of benzene rings is 3. The van der Waals surface area contributed by atoms with Crippen LogP contribution in [0.3, 0.4) is 0 Å². The topological polar surface area (TPSA) is 83.5 Å². The van der Waals surface area contributed by atoms with Gasteiger partial charge in [-0.05, 0) is 65.9 Å². The number of carbonyl (C=O) groups is 1. The highest BCUT2D eigenvalue weighted by molar-refractivity contribution is 5.72. The lowest BCUT2D eigenvalue weighted by Gasteiger charge is -2.23. The molecule has 0 aromatic heterocycles. The van der Waals surface area contributed by atoms with Gasteiger partial charge in [0, 0.05) is 17.5 Å². The molecule has 3 aromatic carbocycles. The van der Waals surface area contributed by atoms with E-state index in [-0.39, 0.29) is 18.4 Å². The third kappa shape index (κ3) is 6.06. The second-order valence-corrected chi connectivity index (χ2v) is 9.61. The molecule has 0 spiro atoms. The van der Waals surface area contributed by atoms with Crippen molar-refractivity contribution >= 4 is 5.97 Å². The van der Waals surface area contributed by atoms with Gasteiger partial charge in [-0.15, -0.1) is 0 Å². The van der Waals surface area contributed by atoms with Crippen molar-refractivity contribution in [2.24, 2.45) is 0 Å². The normalized spacial score (nSPS) is 18.6. The zero-order chi connectivity index (χ0) is 25.8. The summed E-state index contributed by atoms with van der Waals surface area (Å²) < 4.78 is 28.9. The molecular formula is C30H32O7. The molecule has 1 saturated heterocycles. The predicted molar refractivity (Wildman–Crippen MR) is 139 cm³/mol. The molecule has 2 heterocycles. The third-order valence-corrected chi connectivity index (χ3v) is 6.73. The first-order valence-electron chi connectivity index (χ1n) is 12.6. The van der Waals surface area contributed by atoms with Crippen LogP contribution in [0.15, 0.2) is 54.6 Å². The Balaban J connectivity index is 1.24. The van der Waals surface area contributed by atoms with Gasteiger partial charge in [-0.2, -0.15) is 0 Å². The van der Waals surface area contributed by atoms with Gasteiger partial charge in [0.15, 0.2) is 0 Å². The minimum Gasteiger partial charge on any atom is -0.492 e. The van der Waals surface area contributed by atoms with E-state index in [4.69, 9.17) is 28.8 Å². The molecular weight excluding hydrogens is 472 g/mol. The van der Waals surface area contributed by atoms with Crippen molar-refractivity contribution < 1.29 is 33.6 Å². The molecule has 7 nitrogen and oxygen atoms in total. The SMILES string of the molecule is Cc1cc(OCC2COCCO2)cc(C)c1-c1cccc(COc2ccc3c(c2)OCC3CC(=O)O)c1. The fraction of sp³-hybridized carbons (Fsp3) is 0.367. The van der Waals surface area contributed by atoms with Crippen LogP contribution in [-0.2, 0) is 20.9 Å². The van der Waals surface area contributed by atoms with Crippen molar-refractivity contribution in [3.63, 3.8) is 0 Å². The number of hydrogen-bond donors (Lipinski definition) is 1. The summed E-state index contributed by atoms with van der Waals surface area (Å²) in [7, 11) is 0. The van der Waals surface area contributed by atoms with Gasteiger partial charge >= 0.3 is 5.97 Å². The molecule has 5 rings (SSSR count). The standard InChI is InChI=1S/C30H32O7/c1-19-10-25(36-18-26-17-33-8-9-34-26)11-20(2)30(19)22-5-3-4-21(12-22)15-35-24-6-7-27-23(13-29(31)32)16-37-28(27)14-24/h3-7,10-12,14,23,26H,8-9,13,15-18H2,1-2H3,(H,31,32). The molecule has 0 aliphatic carbocycles. The summed E-state index contributed by atoms with van der Waals surface area (Å²) >= 11 is 0. The maximum Gasteiger partial charge on any atom is 0.304 e. The van der Waals surface area contributed by atoms with Gasteiger partial charge in [-0.3, -0.25) is 4.79 Å². The Hall–Kier alpha value is -3.55. The summed E-state index contributed by atoms with van der Waals surface area (Å²) in [6.45, 7) is 7.28. The van der Waals surface area contributed by atoms with Crippen LogP contribution >= 0.6 is 0 Å². The lowest BCUT2D eigenvalue weighted by Crippen LogP contribution is -2.33. The van der Waals surface area contributed by atoms with E-state index in [1.165, 1.54) is 5.56 Å². The summed E-state index contributed by atoms with van der Waals surface area (Å²) in [5.74, 6) is 1.29. The molecule has 0 saturated carbocycles. The number of aryl methyl sites for hydroxylation is 2. The molecule has 2 aliphatic heterocycles. The van der Waals surface area contributed by atoms with E-state index in [2.05, 4.69) is 38.1 Å². The second kappa shape index (κ2) is 11.2. The molecule has 2 atom stereocenters. The maximum absolute atomic E-state index is 11.1. The van der Waals surface area contributed by atoms with Crippen molar-refractivity contribution in [1.29, 1.82) is 0 Å². The Morgan fingerprint density at radius 1 is 0.973 bits per heavy atom. The highest BCUT2D eigenvalue weighted by Gasteiger charge is 2.26. The van der Waals surface area contributed by atoms with Gasteiger partial charge in [0.25, 0.3) is 0 Å². The summed E-state index contributed by atoms with van der Waals surface area (Å²) in [5.41, 5.74) is 6.56. The lowest BCUT2D eigenvalue weighted by molar-refractivity contribution is -0.137. The number of aliphatic carboxylic acids is 1. The fourth-order valence-electron chi connectivity index (χ4n) is 4.99. The highest BCUT2D eigenvalue weighted by atomic mass is 16.6. The van der Waals surface area contributed by atoms with Crippen molar-refractivity contribution in [3.8, 4) is 28.4 Å². The number of rotatable bonds is 9. The van der Waals surface area contributed by atoms with E-state index in [0.717, 1.165) is 33.6 Å². The average Bonchev–Trinajstić information content (AvgIpc) is 3.28. The Bertz CT molecular complexity index is 1240. The Morgan fingerprint density at radius 3 is 2.57 bits per heavy atom. The molecule has 0 amide bonds. The molecule has 7 heteroatoms. The summed E-state index contributed by atoms with van der Waals surface area (Å²) in [5, 5.41) is 9.09. The van der Waals surface area contributed by atoms with Crippen LogP contribution in [0.1, 0.15) is 34.6 Å². The molecule has 1 N–H and O–H groups in total. The van der Waals surface area contributed by atoms with E-state index < -0.39 is 5.97 Å². The summed E-state index contributed by atoms with van der Waals surface area (Å²) in [6, 6.07) is 18.1. The number of carboxylic acids is 1. The maximum atomic E-state index is 11.1. The molecule has 0 bridgehead atoms. The van der Waals surface area contributed by atoms with Crippen molar-refractivity contribution in [3.05, 3.63) is 76.9 Å². The molecule has 0 radical (unpaired) electrons. The first kappa shape index (κ1) is 25.1. The van der Waals surface area contributed by atoms with Gasteiger partial charge < -0.3 is 28.8 Å². The van der Waals surface area contributed by atoms with Gasteiger partial charge in [0.2, 0.25) is 0 Å². The van der Waals surface area contributed by atoms with Crippen molar-refractivity contribution in [2.75, 3.05) is 33.0 Å². The van der Waals surface area contributed by atoms with E-state index in [0.29, 0.717) is 51.1 Å². The Kier molecular flexibility index (Phi) is 7.63. The van der Waals surface area contributed by atoms with Crippen LogP contribution in [0, 0.1) is 13.8 Å². The predicted octanol–water partition coefficient (Wildman–Crippen LogP) is 5.29. The first-order valence-corrected chi connectivity index (χ1v) is 12.6. The van der Waals surface area contributed by atoms with Crippen molar-refractivity contribution in [2.45, 2.75) is 38.9 Å². The molecule has 1 fully saturated rings. The van der Waals surface area contributed by atoms with Gasteiger partial charge in [-0.1, -0.05) is 24.3 Å². The fourth-order valence-corrected chi connectivity index (χ4v) is 4.99. The average molecular weight is 505 g/mol. The molecule has 2 unspecified atom stereocenters. The van der Waals surface area contributed by atoms with Crippen LogP contribution in [-0.4, -0.2) is 50.2 Å². The highest BCUT2D eigenvalue weighted by Crippen LogP contribution is 2.38. The number of fused-ring (bicyclic) bond motifs is 1. The van der Waals surface area contributed by atoms with Crippen LogP contribution < -0.4 is 14.2 Å².